The molecule has 2 aliphatic rings. The molecule has 0 aromatic carbocycles. The van der Waals surface area contributed by atoms with E-state index in [-0.39, 0.29) is 0 Å². The molecule has 2 N–H and O–H groups in total. The van der Waals surface area contributed by atoms with Crippen LogP contribution < -0.4 is 15.4 Å². The molecule has 0 aliphatic heterocycles. The highest BCUT2D eigenvalue weighted by Crippen LogP contribution is 2.30. The molecule has 4 rings (SSSR count). The zero-order valence-corrected chi connectivity index (χ0v) is 17.9. The fourth-order valence-corrected chi connectivity index (χ4v) is 3.59. The summed E-state index contributed by atoms with van der Waals surface area (Å²) in [5, 5.41) is 0. The van der Waals surface area contributed by atoms with Crippen LogP contribution in [0.25, 0.3) is 11.5 Å². The first-order valence-electron chi connectivity index (χ1n) is 10.4. The fraction of sp³-hybridized carbons (Fsp3) is 0.545. The van der Waals surface area contributed by atoms with Gasteiger partial charge in [0.05, 0.1) is 13.7 Å². The SMILES string of the molecule is C1CCCC1.CN.COc1ccnc(-c2nc3c(c(N(C)CC=O)n2)CCC3)c1. The predicted octanol–water partition coefficient (Wildman–Crippen LogP) is 3.20. The van der Waals surface area contributed by atoms with Crippen LogP contribution in [0.2, 0.25) is 0 Å². The van der Waals surface area contributed by atoms with Crippen LogP contribution in [0.15, 0.2) is 18.3 Å². The van der Waals surface area contributed by atoms with E-state index in [0.717, 1.165) is 48.4 Å². The van der Waals surface area contributed by atoms with Crippen LogP contribution in [0.5, 0.6) is 5.75 Å². The van der Waals surface area contributed by atoms with Gasteiger partial charge >= 0.3 is 0 Å². The van der Waals surface area contributed by atoms with Crippen LogP contribution in [-0.2, 0) is 17.6 Å². The average molecular weight is 400 g/mol. The van der Waals surface area contributed by atoms with Crippen molar-refractivity contribution in [3.8, 4) is 17.3 Å². The fourth-order valence-electron chi connectivity index (χ4n) is 3.59. The topological polar surface area (TPSA) is 94.2 Å². The first kappa shape index (κ1) is 22.7. The summed E-state index contributed by atoms with van der Waals surface area (Å²) in [7, 11) is 4.99. The second-order valence-corrected chi connectivity index (χ2v) is 7.05. The van der Waals surface area contributed by atoms with Crippen molar-refractivity contribution in [1.82, 2.24) is 15.0 Å². The molecule has 0 atom stereocenters. The maximum Gasteiger partial charge on any atom is 0.180 e. The Morgan fingerprint density at radius 2 is 1.79 bits per heavy atom. The number of aromatic nitrogens is 3. The summed E-state index contributed by atoms with van der Waals surface area (Å²) < 4.78 is 5.23. The zero-order valence-electron chi connectivity index (χ0n) is 17.9. The van der Waals surface area contributed by atoms with Crippen molar-refractivity contribution in [2.45, 2.75) is 51.4 Å². The van der Waals surface area contributed by atoms with Gasteiger partial charge < -0.3 is 20.2 Å². The highest BCUT2D eigenvalue weighted by molar-refractivity contribution is 5.64. The Morgan fingerprint density at radius 3 is 2.41 bits per heavy atom. The number of carbonyl (C=O) groups excluding carboxylic acids is 1. The molecule has 2 aromatic rings. The number of methoxy groups -OCH3 is 1. The maximum absolute atomic E-state index is 10.8. The van der Waals surface area contributed by atoms with Gasteiger partial charge in [-0.1, -0.05) is 32.1 Å². The maximum atomic E-state index is 10.8. The van der Waals surface area contributed by atoms with Crippen LogP contribution >= 0.6 is 0 Å². The van der Waals surface area contributed by atoms with Crippen LogP contribution in [0.4, 0.5) is 5.82 Å². The van der Waals surface area contributed by atoms with Gasteiger partial charge in [-0.25, -0.2) is 9.97 Å². The number of fused-ring (bicyclic) bond motifs is 1. The number of hydrogen-bond donors (Lipinski definition) is 1. The molecule has 158 valence electrons. The molecule has 7 nitrogen and oxygen atoms in total. The van der Waals surface area contributed by atoms with Gasteiger partial charge in [0.25, 0.3) is 0 Å². The second-order valence-electron chi connectivity index (χ2n) is 7.05. The highest BCUT2D eigenvalue weighted by atomic mass is 16.5. The minimum absolute atomic E-state index is 0.314. The number of anilines is 1. The van der Waals surface area contributed by atoms with Crippen molar-refractivity contribution in [3.05, 3.63) is 29.6 Å². The van der Waals surface area contributed by atoms with Crippen LogP contribution in [0.3, 0.4) is 0 Å². The average Bonchev–Trinajstić information content (AvgIpc) is 3.49. The molecule has 2 aliphatic carbocycles. The third-order valence-corrected chi connectivity index (χ3v) is 5.07. The summed E-state index contributed by atoms with van der Waals surface area (Å²) in [5.41, 5.74) is 7.38. The monoisotopic (exact) mass is 399 g/mol. The number of carbonyl (C=O) groups is 1. The minimum Gasteiger partial charge on any atom is -0.497 e. The molecule has 1 saturated carbocycles. The quantitative estimate of drug-likeness (QED) is 0.772. The van der Waals surface area contributed by atoms with Gasteiger partial charge in [0.2, 0.25) is 0 Å². The van der Waals surface area contributed by atoms with Crippen molar-refractivity contribution in [3.63, 3.8) is 0 Å². The van der Waals surface area contributed by atoms with E-state index in [9.17, 15) is 4.79 Å². The molecule has 0 bridgehead atoms. The second kappa shape index (κ2) is 12.1. The molecular formula is C22H33N5O2. The van der Waals surface area contributed by atoms with Crippen LogP contribution in [0, 0.1) is 0 Å². The van der Waals surface area contributed by atoms with Crippen molar-refractivity contribution in [1.29, 1.82) is 0 Å². The molecule has 2 aromatic heterocycles. The van der Waals surface area contributed by atoms with E-state index >= 15 is 0 Å². The van der Waals surface area contributed by atoms with Gasteiger partial charge in [-0.2, -0.15) is 0 Å². The standard InChI is InChI=1S/C16H18N4O2.C5H10.CH5N/c1-20(8-9-21)16-12-4-3-5-13(12)18-15(19-16)14-10-11(22-2)6-7-17-14;1-2-4-5-3-1;1-2/h6-7,9-10H,3-5,8H2,1-2H3;1-5H2;2H2,1H3. The van der Waals surface area contributed by atoms with E-state index in [1.54, 1.807) is 19.4 Å². The summed E-state index contributed by atoms with van der Waals surface area (Å²) >= 11 is 0. The number of aryl methyl sites for hydroxylation is 1. The van der Waals surface area contributed by atoms with Gasteiger partial charge in [0, 0.05) is 30.6 Å². The number of pyridine rings is 1. The molecule has 0 saturated heterocycles. The lowest BCUT2D eigenvalue weighted by Gasteiger charge is -2.19. The Labute approximate surface area is 173 Å². The molecule has 0 unspecified atom stereocenters. The summed E-state index contributed by atoms with van der Waals surface area (Å²) in [6.07, 6.45) is 13.0. The normalized spacial score (nSPS) is 14.1. The number of hydrogen-bond acceptors (Lipinski definition) is 7. The van der Waals surface area contributed by atoms with Gasteiger partial charge in [0.1, 0.15) is 23.5 Å². The van der Waals surface area contributed by atoms with Crippen molar-refractivity contribution in [2.75, 3.05) is 32.6 Å². The first-order valence-corrected chi connectivity index (χ1v) is 10.4. The largest absolute Gasteiger partial charge is 0.497 e. The molecule has 1 fully saturated rings. The van der Waals surface area contributed by atoms with E-state index in [0.29, 0.717) is 18.1 Å². The van der Waals surface area contributed by atoms with E-state index in [1.165, 1.54) is 39.2 Å². The van der Waals surface area contributed by atoms with Crippen molar-refractivity contribution >= 4 is 12.1 Å². The molecule has 0 spiro atoms. The number of aldehydes is 1. The third kappa shape index (κ3) is 6.22. The van der Waals surface area contributed by atoms with Gasteiger partial charge in [-0.15, -0.1) is 0 Å². The van der Waals surface area contributed by atoms with Crippen molar-refractivity contribution in [2.24, 2.45) is 5.73 Å². The Balaban J connectivity index is 0.000000367. The van der Waals surface area contributed by atoms with E-state index in [4.69, 9.17) is 4.74 Å². The molecular weight excluding hydrogens is 366 g/mol. The zero-order chi connectivity index (χ0) is 21.1. The van der Waals surface area contributed by atoms with Crippen LogP contribution in [0.1, 0.15) is 49.8 Å². The number of likely N-dealkylation sites (N-methyl/N-ethyl adjacent to an activating group) is 1. The lowest BCUT2D eigenvalue weighted by atomic mass is 10.2. The Hall–Kier alpha value is -2.54. The van der Waals surface area contributed by atoms with Crippen molar-refractivity contribution < 1.29 is 9.53 Å². The van der Waals surface area contributed by atoms with E-state index in [2.05, 4.69) is 20.7 Å². The lowest BCUT2D eigenvalue weighted by molar-refractivity contribution is -0.106. The number of nitrogens with two attached hydrogens (primary N) is 1. The Bertz CT molecular complexity index is 770. The summed E-state index contributed by atoms with van der Waals surface area (Å²) in [6, 6.07) is 3.61. The van der Waals surface area contributed by atoms with Gasteiger partial charge in [-0.3, -0.25) is 4.98 Å². The summed E-state index contributed by atoms with van der Waals surface area (Å²) in [6.45, 7) is 0.314. The number of ether oxygens (including phenoxy) is 1. The highest BCUT2D eigenvalue weighted by Gasteiger charge is 2.22. The number of rotatable bonds is 5. The minimum atomic E-state index is 0.314. The molecule has 7 heteroatoms. The molecule has 0 radical (unpaired) electrons. The molecule has 2 heterocycles. The molecule has 0 amide bonds. The van der Waals surface area contributed by atoms with E-state index < -0.39 is 0 Å². The summed E-state index contributed by atoms with van der Waals surface area (Å²) in [5.74, 6) is 2.12. The third-order valence-electron chi connectivity index (χ3n) is 5.07. The Kier molecular flexibility index (Phi) is 9.50. The first-order chi connectivity index (χ1) is 14.2. The smallest absolute Gasteiger partial charge is 0.180 e. The van der Waals surface area contributed by atoms with E-state index in [1.807, 2.05) is 18.0 Å². The van der Waals surface area contributed by atoms with Crippen LogP contribution in [-0.4, -0.2) is 49.0 Å². The Morgan fingerprint density at radius 1 is 1.10 bits per heavy atom. The molecule has 29 heavy (non-hydrogen) atoms. The van der Waals surface area contributed by atoms with Gasteiger partial charge in [0.15, 0.2) is 5.82 Å². The lowest BCUT2D eigenvalue weighted by Crippen LogP contribution is -2.23. The predicted molar refractivity (Wildman–Crippen MR) is 116 cm³/mol. The number of nitrogens with zero attached hydrogens (tertiary/aromatic N) is 4. The summed E-state index contributed by atoms with van der Waals surface area (Å²) in [4.78, 5) is 26.3. The van der Waals surface area contributed by atoms with Gasteiger partial charge in [-0.05, 0) is 32.4 Å².